The minimum atomic E-state index is -0.485. The molecule has 0 aliphatic heterocycles. The van der Waals surface area contributed by atoms with E-state index in [1.165, 1.54) is 14.2 Å². The summed E-state index contributed by atoms with van der Waals surface area (Å²) in [4.78, 5) is 33.5. The number of ether oxygens (including phenoxy) is 3. The Hall–Kier alpha value is -3.39. The first kappa shape index (κ1) is 24.3. The van der Waals surface area contributed by atoms with Gasteiger partial charge in [0.05, 0.1) is 31.2 Å². The van der Waals surface area contributed by atoms with E-state index >= 15 is 0 Å². The van der Waals surface area contributed by atoms with Crippen LogP contribution in [-0.4, -0.2) is 54.8 Å². The van der Waals surface area contributed by atoms with Crippen molar-refractivity contribution < 1.29 is 19.0 Å². The number of benzene rings is 2. The van der Waals surface area contributed by atoms with E-state index in [0.717, 1.165) is 0 Å². The molecule has 0 aliphatic rings. The molecule has 1 unspecified atom stereocenters. The number of nitrogens with zero attached hydrogens (tertiary/aromatic N) is 3. The van der Waals surface area contributed by atoms with Gasteiger partial charge in [-0.15, -0.1) is 0 Å². The van der Waals surface area contributed by atoms with Crippen LogP contribution >= 0.6 is 0 Å². The highest BCUT2D eigenvalue weighted by molar-refractivity contribution is 6.00. The highest BCUT2D eigenvalue weighted by Crippen LogP contribution is 2.32. The van der Waals surface area contributed by atoms with Crippen LogP contribution in [0.15, 0.2) is 47.3 Å². The standard InChI is InChI=1S/C25H31N3O5/c1-6-27-23(26-19-12-8-7-11-18(19)24(27)29)17(2)28(15-10-16-31-3)25(30)22-20(32-4)13-9-14-21(22)33-5/h7-9,11-14,17H,6,10,15-16H2,1-5H3. The van der Waals surface area contributed by atoms with Gasteiger partial charge in [0.25, 0.3) is 11.5 Å². The second-order valence-corrected chi connectivity index (χ2v) is 7.59. The Balaban J connectivity index is 2.14. The first-order valence-electron chi connectivity index (χ1n) is 11.0. The molecule has 0 saturated carbocycles. The van der Waals surface area contributed by atoms with E-state index in [0.29, 0.717) is 59.9 Å². The van der Waals surface area contributed by atoms with Crippen LogP contribution in [0, 0.1) is 0 Å². The molecule has 33 heavy (non-hydrogen) atoms. The number of amides is 1. The maximum atomic E-state index is 13.9. The summed E-state index contributed by atoms with van der Waals surface area (Å²) >= 11 is 0. The van der Waals surface area contributed by atoms with Crippen molar-refractivity contribution in [1.29, 1.82) is 0 Å². The number of carbonyl (C=O) groups excluding carboxylic acids is 1. The van der Waals surface area contributed by atoms with Gasteiger partial charge in [-0.3, -0.25) is 14.2 Å². The molecule has 3 aromatic rings. The molecule has 3 rings (SSSR count). The summed E-state index contributed by atoms with van der Waals surface area (Å²) < 4.78 is 17.8. The van der Waals surface area contributed by atoms with Crippen molar-refractivity contribution in [3.63, 3.8) is 0 Å². The lowest BCUT2D eigenvalue weighted by atomic mass is 10.1. The Morgan fingerprint density at radius 2 is 1.73 bits per heavy atom. The van der Waals surface area contributed by atoms with Gasteiger partial charge in [-0.05, 0) is 44.5 Å². The van der Waals surface area contributed by atoms with Crippen LogP contribution in [0.3, 0.4) is 0 Å². The number of fused-ring (bicyclic) bond motifs is 1. The summed E-state index contributed by atoms with van der Waals surface area (Å²) in [5, 5.41) is 0.555. The highest BCUT2D eigenvalue weighted by atomic mass is 16.5. The zero-order valence-electron chi connectivity index (χ0n) is 19.8. The third kappa shape index (κ3) is 4.85. The first-order chi connectivity index (χ1) is 16.0. The van der Waals surface area contributed by atoms with Gasteiger partial charge in [0.2, 0.25) is 0 Å². The Labute approximate surface area is 193 Å². The molecule has 0 spiro atoms. The molecule has 0 radical (unpaired) electrons. The lowest BCUT2D eigenvalue weighted by Crippen LogP contribution is -2.39. The Kier molecular flexibility index (Phi) is 8.06. The van der Waals surface area contributed by atoms with Gasteiger partial charge in [0.1, 0.15) is 22.9 Å². The van der Waals surface area contributed by atoms with Gasteiger partial charge >= 0.3 is 0 Å². The van der Waals surface area contributed by atoms with E-state index in [9.17, 15) is 9.59 Å². The fourth-order valence-corrected chi connectivity index (χ4v) is 4.01. The summed E-state index contributed by atoms with van der Waals surface area (Å²) in [7, 11) is 4.66. The predicted octanol–water partition coefficient (Wildman–Crippen LogP) is 3.67. The predicted molar refractivity (Wildman–Crippen MR) is 127 cm³/mol. The lowest BCUT2D eigenvalue weighted by Gasteiger charge is -2.31. The number of hydrogen-bond donors (Lipinski definition) is 0. The summed E-state index contributed by atoms with van der Waals surface area (Å²) in [5.41, 5.74) is 0.815. The summed E-state index contributed by atoms with van der Waals surface area (Å²) in [6.07, 6.45) is 0.619. The lowest BCUT2D eigenvalue weighted by molar-refractivity contribution is 0.0648. The molecular weight excluding hydrogens is 422 g/mol. The van der Waals surface area contributed by atoms with Gasteiger partial charge in [-0.1, -0.05) is 18.2 Å². The van der Waals surface area contributed by atoms with E-state index in [1.807, 2.05) is 32.0 Å². The smallest absolute Gasteiger partial charge is 0.262 e. The molecule has 0 fully saturated rings. The van der Waals surface area contributed by atoms with Crippen LogP contribution in [0.25, 0.3) is 10.9 Å². The van der Waals surface area contributed by atoms with Crippen molar-refractivity contribution in [3.05, 3.63) is 64.2 Å². The van der Waals surface area contributed by atoms with Gasteiger partial charge < -0.3 is 19.1 Å². The van der Waals surface area contributed by atoms with E-state index in [4.69, 9.17) is 19.2 Å². The number of hydrogen-bond acceptors (Lipinski definition) is 6. The second-order valence-electron chi connectivity index (χ2n) is 7.59. The topological polar surface area (TPSA) is 82.9 Å². The maximum Gasteiger partial charge on any atom is 0.262 e. The molecule has 1 aromatic heterocycles. The van der Waals surface area contributed by atoms with Gasteiger partial charge in [0, 0.05) is 26.8 Å². The summed E-state index contributed by atoms with van der Waals surface area (Å²) in [6, 6.07) is 12.0. The number of methoxy groups -OCH3 is 3. The quantitative estimate of drug-likeness (QED) is 0.436. The zero-order chi connectivity index (χ0) is 24.0. The average Bonchev–Trinajstić information content (AvgIpc) is 2.85. The second kappa shape index (κ2) is 11.0. The molecule has 0 aliphatic carbocycles. The van der Waals surface area contributed by atoms with Crippen LogP contribution in [0.2, 0.25) is 0 Å². The first-order valence-corrected chi connectivity index (χ1v) is 11.0. The van der Waals surface area contributed by atoms with E-state index < -0.39 is 6.04 Å². The van der Waals surface area contributed by atoms with E-state index in [1.54, 1.807) is 40.8 Å². The summed E-state index contributed by atoms with van der Waals surface area (Å²) in [5.74, 6) is 1.10. The Bertz CT molecular complexity index is 1150. The molecule has 2 aromatic carbocycles. The normalized spacial score (nSPS) is 11.9. The van der Waals surface area contributed by atoms with Crippen molar-refractivity contribution in [2.75, 3.05) is 34.5 Å². The minimum absolute atomic E-state index is 0.121. The average molecular weight is 454 g/mol. The third-order valence-corrected chi connectivity index (χ3v) is 5.70. The fourth-order valence-electron chi connectivity index (χ4n) is 4.01. The van der Waals surface area contributed by atoms with Crippen molar-refractivity contribution >= 4 is 16.8 Å². The van der Waals surface area contributed by atoms with E-state index in [-0.39, 0.29) is 11.5 Å². The number of aromatic nitrogens is 2. The fraction of sp³-hybridized carbons (Fsp3) is 0.400. The van der Waals surface area contributed by atoms with Crippen LogP contribution in [0.4, 0.5) is 0 Å². The van der Waals surface area contributed by atoms with Crippen LogP contribution in [-0.2, 0) is 11.3 Å². The largest absolute Gasteiger partial charge is 0.496 e. The van der Waals surface area contributed by atoms with Crippen molar-refractivity contribution in [1.82, 2.24) is 14.5 Å². The molecule has 1 heterocycles. The zero-order valence-corrected chi connectivity index (χ0v) is 19.8. The number of para-hydroxylation sites is 1. The van der Waals surface area contributed by atoms with Crippen LogP contribution < -0.4 is 15.0 Å². The highest BCUT2D eigenvalue weighted by Gasteiger charge is 2.30. The maximum absolute atomic E-state index is 13.9. The SMILES string of the molecule is CCn1c(C(C)N(CCCOC)C(=O)c2c(OC)cccc2OC)nc2ccccc2c1=O. The Morgan fingerprint density at radius 1 is 1.06 bits per heavy atom. The molecule has 0 bridgehead atoms. The summed E-state index contributed by atoms with van der Waals surface area (Å²) in [6.45, 7) is 5.12. The third-order valence-electron chi connectivity index (χ3n) is 5.70. The van der Waals surface area contributed by atoms with Crippen molar-refractivity contribution in [3.8, 4) is 11.5 Å². The molecule has 176 valence electrons. The van der Waals surface area contributed by atoms with Gasteiger partial charge in [0.15, 0.2) is 0 Å². The van der Waals surface area contributed by atoms with Crippen LogP contribution in [0.1, 0.15) is 42.5 Å². The van der Waals surface area contributed by atoms with Crippen molar-refractivity contribution in [2.24, 2.45) is 0 Å². The molecule has 8 heteroatoms. The molecule has 0 saturated heterocycles. The molecule has 1 atom stereocenters. The Morgan fingerprint density at radius 3 is 2.33 bits per heavy atom. The van der Waals surface area contributed by atoms with E-state index in [2.05, 4.69) is 0 Å². The van der Waals surface area contributed by atoms with Gasteiger partial charge in [-0.2, -0.15) is 0 Å². The number of rotatable bonds is 10. The van der Waals surface area contributed by atoms with Gasteiger partial charge in [-0.25, -0.2) is 4.98 Å². The monoisotopic (exact) mass is 453 g/mol. The van der Waals surface area contributed by atoms with Crippen molar-refractivity contribution in [2.45, 2.75) is 32.9 Å². The van der Waals surface area contributed by atoms with Crippen LogP contribution in [0.5, 0.6) is 11.5 Å². The minimum Gasteiger partial charge on any atom is -0.496 e. The molecule has 0 N–H and O–H groups in total. The molecule has 8 nitrogen and oxygen atoms in total. The molecule has 1 amide bonds. The number of carbonyl (C=O) groups is 1. The molecular formula is C25H31N3O5.